The highest BCUT2D eigenvalue weighted by Gasteiger charge is 2.35. The van der Waals surface area contributed by atoms with Gasteiger partial charge in [0.1, 0.15) is 11.6 Å². The number of ether oxygens (including phenoxy) is 1. The number of pyridine rings is 1. The molecule has 0 spiro atoms. The number of rotatable bonds is 7. The Morgan fingerprint density at radius 1 is 1.19 bits per heavy atom. The van der Waals surface area contributed by atoms with E-state index in [2.05, 4.69) is 15.4 Å². The Bertz CT molecular complexity index is 1250. The number of imide groups is 1. The zero-order chi connectivity index (χ0) is 22.7. The topological polar surface area (TPSA) is 130 Å². The molecule has 0 unspecified atom stereocenters. The lowest BCUT2D eigenvalue weighted by molar-refractivity contribution is 0.0638. The van der Waals surface area contributed by atoms with Crippen LogP contribution in [0.15, 0.2) is 48.8 Å². The van der Waals surface area contributed by atoms with E-state index in [0.717, 1.165) is 4.90 Å². The van der Waals surface area contributed by atoms with Crippen molar-refractivity contribution in [1.29, 1.82) is 5.26 Å². The molecule has 2 aromatic heterocycles. The van der Waals surface area contributed by atoms with Crippen molar-refractivity contribution in [1.82, 2.24) is 19.7 Å². The Kier molecular flexibility index (Phi) is 5.74. The minimum absolute atomic E-state index is 0.153. The number of hydrogen-bond acceptors (Lipinski definition) is 7. The van der Waals surface area contributed by atoms with Crippen molar-refractivity contribution in [3.05, 3.63) is 71.0 Å². The Morgan fingerprint density at radius 2 is 2.00 bits per heavy atom. The van der Waals surface area contributed by atoms with Crippen LogP contribution in [0.5, 0.6) is 0 Å². The summed E-state index contributed by atoms with van der Waals surface area (Å²) in [7, 11) is 1.55. The van der Waals surface area contributed by atoms with Gasteiger partial charge in [0.2, 0.25) is 0 Å². The second-order valence-electron chi connectivity index (χ2n) is 6.94. The standard InChI is InChI=1S/C22H18N6O4/c1-32-10-4-9-27-21(30)16-7-6-14(11-17(16)22(27)31)20(29)26-19-15(12-23)13-25-28(19)18-5-2-3-8-24-18/h2-3,5-8,11,13H,4,9-10H2,1H3,(H,26,29). The SMILES string of the molecule is COCCCN1C(=O)c2ccc(C(=O)Nc3c(C#N)cnn3-c3ccccn3)cc2C1=O. The largest absolute Gasteiger partial charge is 0.385 e. The lowest BCUT2D eigenvalue weighted by atomic mass is 10.1. The average Bonchev–Trinajstić information content (AvgIpc) is 3.33. The van der Waals surface area contributed by atoms with Crippen LogP contribution in [0.25, 0.3) is 5.82 Å². The van der Waals surface area contributed by atoms with Gasteiger partial charge in [-0.1, -0.05) is 6.07 Å². The summed E-state index contributed by atoms with van der Waals surface area (Å²) in [5.74, 6) is -0.828. The van der Waals surface area contributed by atoms with Crippen LogP contribution >= 0.6 is 0 Å². The summed E-state index contributed by atoms with van der Waals surface area (Å²) in [6, 6.07) is 11.5. The number of carbonyl (C=O) groups is 3. The molecule has 1 N–H and O–H groups in total. The van der Waals surface area contributed by atoms with Crippen LogP contribution in [0, 0.1) is 11.3 Å². The van der Waals surface area contributed by atoms with Crippen molar-refractivity contribution in [2.75, 3.05) is 25.6 Å². The molecule has 0 saturated carbocycles. The number of amides is 3. The molecule has 0 fully saturated rings. The summed E-state index contributed by atoms with van der Waals surface area (Å²) >= 11 is 0. The second kappa shape index (κ2) is 8.79. The van der Waals surface area contributed by atoms with Crippen LogP contribution in [0.2, 0.25) is 0 Å². The smallest absolute Gasteiger partial charge is 0.261 e. The first-order chi connectivity index (χ1) is 15.5. The quantitative estimate of drug-likeness (QED) is 0.448. The summed E-state index contributed by atoms with van der Waals surface area (Å²) in [5, 5.41) is 16.2. The maximum absolute atomic E-state index is 12.9. The van der Waals surface area contributed by atoms with E-state index in [1.54, 1.807) is 31.5 Å². The van der Waals surface area contributed by atoms with E-state index in [0.29, 0.717) is 18.8 Å². The molecule has 0 radical (unpaired) electrons. The molecule has 3 heterocycles. The minimum Gasteiger partial charge on any atom is -0.385 e. The third-order valence-electron chi connectivity index (χ3n) is 4.95. The van der Waals surface area contributed by atoms with Gasteiger partial charge >= 0.3 is 0 Å². The summed E-state index contributed by atoms with van der Waals surface area (Å²) in [6.45, 7) is 0.656. The fraction of sp³-hybridized carbons (Fsp3) is 0.182. The van der Waals surface area contributed by atoms with Gasteiger partial charge < -0.3 is 10.1 Å². The van der Waals surface area contributed by atoms with Crippen LogP contribution in [0.4, 0.5) is 5.82 Å². The zero-order valence-corrected chi connectivity index (χ0v) is 17.1. The third kappa shape index (κ3) is 3.73. The Hall–Kier alpha value is -4.36. The molecule has 160 valence electrons. The molecular formula is C22H18N6O4. The normalized spacial score (nSPS) is 12.6. The van der Waals surface area contributed by atoms with Gasteiger partial charge in [-0.15, -0.1) is 0 Å². The maximum Gasteiger partial charge on any atom is 0.261 e. The van der Waals surface area contributed by atoms with Crippen molar-refractivity contribution in [3.8, 4) is 11.9 Å². The zero-order valence-electron chi connectivity index (χ0n) is 17.1. The van der Waals surface area contributed by atoms with Crippen LogP contribution < -0.4 is 5.32 Å². The summed E-state index contributed by atoms with van der Waals surface area (Å²) in [4.78, 5) is 43.5. The second-order valence-corrected chi connectivity index (χ2v) is 6.94. The van der Waals surface area contributed by atoms with Gasteiger partial charge in [0.15, 0.2) is 11.6 Å². The molecule has 1 aromatic carbocycles. The van der Waals surface area contributed by atoms with Gasteiger partial charge in [-0.3, -0.25) is 19.3 Å². The van der Waals surface area contributed by atoms with E-state index in [9.17, 15) is 19.6 Å². The molecule has 10 nitrogen and oxygen atoms in total. The number of nitrogens with one attached hydrogen (secondary N) is 1. The highest BCUT2D eigenvalue weighted by molar-refractivity contribution is 6.22. The molecule has 10 heteroatoms. The van der Waals surface area contributed by atoms with Crippen LogP contribution in [-0.4, -0.2) is 57.6 Å². The minimum atomic E-state index is -0.555. The van der Waals surface area contributed by atoms with Crippen LogP contribution in [0.3, 0.4) is 0 Å². The third-order valence-corrected chi connectivity index (χ3v) is 4.95. The number of fused-ring (bicyclic) bond motifs is 1. The van der Waals surface area contributed by atoms with E-state index >= 15 is 0 Å². The molecule has 1 aliphatic rings. The molecular weight excluding hydrogens is 412 g/mol. The van der Waals surface area contributed by atoms with E-state index in [4.69, 9.17) is 4.74 Å². The number of nitriles is 1. The molecule has 1 aliphatic heterocycles. The summed E-state index contributed by atoms with van der Waals surface area (Å²) in [5.41, 5.74) is 0.737. The number of methoxy groups -OCH3 is 1. The van der Waals surface area contributed by atoms with Crippen molar-refractivity contribution >= 4 is 23.5 Å². The van der Waals surface area contributed by atoms with Gasteiger partial charge in [-0.25, -0.2) is 4.98 Å². The maximum atomic E-state index is 12.9. The summed E-state index contributed by atoms with van der Waals surface area (Å²) in [6.07, 6.45) is 3.41. The Labute approximate surface area is 183 Å². The van der Waals surface area contributed by atoms with Crippen molar-refractivity contribution < 1.29 is 19.1 Å². The lowest BCUT2D eigenvalue weighted by Crippen LogP contribution is -2.31. The van der Waals surface area contributed by atoms with Gasteiger partial charge in [-0.2, -0.15) is 15.0 Å². The highest BCUT2D eigenvalue weighted by Crippen LogP contribution is 2.25. The molecule has 0 aliphatic carbocycles. The van der Waals surface area contributed by atoms with E-state index in [1.807, 2.05) is 6.07 Å². The average molecular weight is 430 g/mol. The first-order valence-electron chi connectivity index (χ1n) is 9.75. The molecule has 0 saturated heterocycles. The number of nitrogens with zero attached hydrogens (tertiary/aromatic N) is 5. The number of anilines is 1. The fourth-order valence-electron chi connectivity index (χ4n) is 3.39. The van der Waals surface area contributed by atoms with Crippen LogP contribution in [0.1, 0.15) is 43.1 Å². The van der Waals surface area contributed by atoms with E-state index in [-0.39, 0.29) is 34.6 Å². The monoisotopic (exact) mass is 430 g/mol. The number of aromatic nitrogens is 3. The highest BCUT2D eigenvalue weighted by atomic mass is 16.5. The fourth-order valence-corrected chi connectivity index (χ4v) is 3.39. The predicted octanol–water partition coefficient (Wildman–Crippen LogP) is 2.02. The number of carbonyl (C=O) groups excluding carboxylic acids is 3. The first kappa shape index (κ1) is 20.9. The molecule has 0 bridgehead atoms. The Morgan fingerprint density at radius 3 is 2.72 bits per heavy atom. The molecule has 0 atom stereocenters. The van der Waals surface area contributed by atoms with Crippen LogP contribution in [-0.2, 0) is 4.74 Å². The van der Waals surface area contributed by atoms with Crippen molar-refractivity contribution in [3.63, 3.8) is 0 Å². The number of benzene rings is 1. The van der Waals surface area contributed by atoms with Gasteiger partial charge in [0, 0.05) is 32.0 Å². The van der Waals surface area contributed by atoms with Gasteiger partial charge in [-0.05, 0) is 36.8 Å². The molecule has 3 amide bonds. The van der Waals surface area contributed by atoms with Crippen molar-refractivity contribution in [2.24, 2.45) is 0 Å². The van der Waals surface area contributed by atoms with Gasteiger partial charge in [0.05, 0.1) is 17.3 Å². The molecule has 3 aromatic rings. The van der Waals surface area contributed by atoms with Gasteiger partial charge in [0.25, 0.3) is 17.7 Å². The van der Waals surface area contributed by atoms with E-state index in [1.165, 1.54) is 29.1 Å². The van der Waals surface area contributed by atoms with E-state index < -0.39 is 17.7 Å². The Balaban J connectivity index is 1.60. The first-order valence-corrected chi connectivity index (χ1v) is 9.75. The number of hydrogen-bond donors (Lipinski definition) is 1. The summed E-state index contributed by atoms with van der Waals surface area (Å²) < 4.78 is 6.32. The van der Waals surface area contributed by atoms with Crippen molar-refractivity contribution in [2.45, 2.75) is 6.42 Å². The molecule has 4 rings (SSSR count). The molecule has 32 heavy (non-hydrogen) atoms. The lowest BCUT2D eigenvalue weighted by Gasteiger charge is -2.12. The predicted molar refractivity (Wildman–Crippen MR) is 112 cm³/mol.